The summed E-state index contributed by atoms with van der Waals surface area (Å²) in [5.74, 6) is -2.04. The van der Waals surface area contributed by atoms with Crippen molar-refractivity contribution < 1.29 is 27.9 Å². The summed E-state index contributed by atoms with van der Waals surface area (Å²) in [6, 6.07) is -1.50. The lowest BCUT2D eigenvalue weighted by molar-refractivity contribution is -0.203. The fourth-order valence-corrected chi connectivity index (χ4v) is 1.83. The van der Waals surface area contributed by atoms with Gasteiger partial charge in [-0.15, -0.1) is 0 Å². The van der Waals surface area contributed by atoms with Crippen molar-refractivity contribution in [1.29, 1.82) is 0 Å². The molecule has 2 amide bonds. The van der Waals surface area contributed by atoms with E-state index in [2.05, 4.69) is 5.32 Å². The number of carbonyl (C=O) groups is 2. The Balaban J connectivity index is 4.85. The van der Waals surface area contributed by atoms with E-state index in [4.69, 9.17) is 5.11 Å². The number of urea groups is 1. The lowest BCUT2D eigenvalue weighted by Crippen LogP contribution is -2.64. The Bertz CT molecular complexity index is 356. The van der Waals surface area contributed by atoms with Gasteiger partial charge in [-0.05, 0) is 19.8 Å². The van der Waals surface area contributed by atoms with E-state index in [1.165, 1.54) is 5.32 Å². The molecule has 0 spiro atoms. The second-order valence-corrected chi connectivity index (χ2v) is 4.89. The Morgan fingerprint density at radius 3 is 1.95 bits per heavy atom. The fourth-order valence-electron chi connectivity index (χ4n) is 1.83. The van der Waals surface area contributed by atoms with E-state index in [1.807, 2.05) is 13.8 Å². The Labute approximate surface area is 115 Å². The predicted octanol–water partition coefficient (Wildman–Crippen LogP) is 2.52. The summed E-state index contributed by atoms with van der Waals surface area (Å²) in [6.45, 7) is 5.89. The van der Waals surface area contributed by atoms with Gasteiger partial charge in [0.25, 0.3) is 0 Å². The molecule has 118 valence electrons. The lowest BCUT2D eigenvalue weighted by atomic mass is 9.95. The number of hydrogen-bond donors (Lipinski definition) is 3. The number of amides is 2. The number of halogens is 3. The molecule has 0 aliphatic carbocycles. The van der Waals surface area contributed by atoms with Gasteiger partial charge in [0.15, 0.2) is 0 Å². The van der Waals surface area contributed by atoms with Gasteiger partial charge in [-0.3, -0.25) is 0 Å². The first-order chi connectivity index (χ1) is 8.99. The quantitative estimate of drug-likeness (QED) is 0.705. The number of carboxylic acids is 1. The zero-order valence-corrected chi connectivity index (χ0v) is 12.0. The molecule has 0 radical (unpaired) electrons. The van der Waals surface area contributed by atoms with Gasteiger partial charge in [-0.2, -0.15) is 13.2 Å². The molecule has 2 unspecified atom stereocenters. The van der Waals surface area contributed by atoms with Gasteiger partial charge in [0.1, 0.15) is 0 Å². The molecule has 0 bridgehead atoms. The molecule has 8 heteroatoms. The maximum Gasteiger partial charge on any atom is 0.422 e. The molecule has 20 heavy (non-hydrogen) atoms. The average Bonchev–Trinajstić information content (AvgIpc) is 2.28. The monoisotopic (exact) mass is 298 g/mol. The summed E-state index contributed by atoms with van der Waals surface area (Å²) in [5.41, 5.74) is -3.31. The van der Waals surface area contributed by atoms with Crippen LogP contribution >= 0.6 is 0 Å². The molecule has 0 aromatic carbocycles. The van der Waals surface area contributed by atoms with Gasteiger partial charge in [-0.25, -0.2) is 9.59 Å². The molecule has 0 heterocycles. The zero-order valence-electron chi connectivity index (χ0n) is 12.0. The van der Waals surface area contributed by atoms with Gasteiger partial charge in [-0.1, -0.05) is 26.7 Å². The van der Waals surface area contributed by atoms with Crippen LogP contribution in [0.5, 0.6) is 0 Å². The Morgan fingerprint density at radius 1 is 1.20 bits per heavy atom. The summed E-state index contributed by atoms with van der Waals surface area (Å²) in [7, 11) is 0. The molecule has 0 saturated heterocycles. The third-order valence-electron chi connectivity index (χ3n) is 3.47. The summed E-state index contributed by atoms with van der Waals surface area (Å²) in [5, 5.41) is 12.5. The average molecular weight is 298 g/mol. The van der Waals surface area contributed by atoms with E-state index < -0.39 is 23.7 Å². The van der Waals surface area contributed by atoms with Crippen LogP contribution < -0.4 is 10.6 Å². The van der Waals surface area contributed by atoms with Crippen molar-refractivity contribution in [1.82, 2.24) is 10.6 Å². The van der Waals surface area contributed by atoms with Crippen molar-refractivity contribution in [3.05, 3.63) is 0 Å². The van der Waals surface area contributed by atoms with E-state index in [9.17, 15) is 22.8 Å². The normalized spacial score (nSPS) is 16.4. The van der Waals surface area contributed by atoms with E-state index >= 15 is 0 Å². The Kier molecular flexibility index (Phi) is 6.31. The van der Waals surface area contributed by atoms with E-state index in [-0.39, 0.29) is 12.0 Å². The second kappa shape index (κ2) is 6.81. The van der Waals surface area contributed by atoms with Crippen LogP contribution in [0.25, 0.3) is 0 Å². The lowest BCUT2D eigenvalue weighted by Gasteiger charge is -2.30. The van der Waals surface area contributed by atoms with Gasteiger partial charge in [0.2, 0.25) is 5.54 Å². The molecule has 0 saturated carbocycles. The van der Waals surface area contributed by atoms with Gasteiger partial charge < -0.3 is 15.7 Å². The smallest absolute Gasteiger partial charge is 0.422 e. The van der Waals surface area contributed by atoms with Crippen molar-refractivity contribution in [3.8, 4) is 0 Å². The minimum absolute atomic E-state index is 0.114. The molecule has 0 aromatic rings. The number of rotatable bonds is 6. The first-order valence-corrected chi connectivity index (χ1v) is 6.38. The highest BCUT2D eigenvalue weighted by atomic mass is 19.4. The van der Waals surface area contributed by atoms with Crippen molar-refractivity contribution in [2.24, 2.45) is 5.92 Å². The van der Waals surface area contributed by atoms with Crippen LogP contribution in [-0.4, -0.2) is 34.9 Å². The molecular weight excluding hydrogens is 277 g/mol. The van der Waals surface area contributed by atoms with Gasteiger partial charge >= 0.3 is 18.2 Å². The van der Waals surface area contributed by atoms with Crippen LogP contribution in [0.1, 0.15) is 40.5 Å². The maximum absolute atomic E-state index is 12.7. The SMILES string of the molecule is CCC(CC)C(C)NC(=O)NC(C)(C(=O)O)C(F)(F)F. The first-order valence-electron chi connectivity index (χ1n) is 6.38. The van der Waals surface area contributed by atoms with Crippen LogP contribution in [-0.2, 0) is 4.79 Å². The van der Waals surface area contributed by atoms with Crippen LogP contribution in [0.4, 0.5) is 18.0 Å². The number of hydrogen-bond acceptors (Lipinski definition) is 2. The molecule has 0 aliphatic rings. The number of nitrogens with one attached hydrogen (secondary N) is 2. The zero-order chi connectivity index (χ0) is 16.1. The summed E-state index contributed by atoms with van der Waals surface area (Å²) in [6.07, 6.45) is -3.57. The highest BCUT2D eigenvalue weighted by Gasteiger charge is 2.58. The van der Waals surface area contributed by atoms with Crippen molar-refractivity contribution in [3.63, 3.8) is 0 Å². The van der Waals surface area contributed by atoms with Crippen molar-refractivity contribution >= 4 is 12.0 Å². The predicted molar refractivity (Wildman–Crippen MR) is 67.3 cm³/mol. The maximum atomic E-state index is 12.7. The molecule has 2 atom stereocenters. The van der Waals surface area contributed by atoms with Crippen LogP contribution in [0, 0.1) is 5.92 Å². The molecule has 0 rings (SSSR count). The Morgan fingerprint density at radius 2 is 1.65 bits per heavy atom. The second-order valence-electron chi connectivity index (χ2n) is 4.89. The van der Waals surface area contributed by atoms with Crippen LogP contribution in [0.15, 0.2) is 0 Å². The van der Waals surface area contributed by atoms with E-state index in [0.29, 0.717) is 6.92 Å². The van der Waals surface area contributed by atoms with Crippen molar-refractivity contribution in [2.75, 3.05) is 0 Å². The third kappa shape index (κ3) is 4.28. The molecule has 5 nitrogen and oxygen atoms in total. The molecular formula is C12H21F3N2O3. The fraction of sp³-hybridized carbons (Fsp3) is 0.833. The van der Waals surface area contributed by atoms with Crippen LogP contribution in [0.2, 0.25) is 0 Å². The van der Waals surface area contributed by atoms with E-state index in [0.717, 1.165) is 12.8 Å². The standard InChI is InChI=1S/C12H21F3N2O3/c1-5-8(6-2)7(3)16-10(20)17-11(4,9(18)19)12(13,14)15/h7-8H,5-6H2,1-4H3,(H,18,19)(H2,16,17,20). The molecule has 0 aliphatic heterocycles. The highest BCUT2D eigenvalue weighted by molar-refractivity contribution is 5.86. The van der Waals surface area contributed by atoms with Gasteiger partial charge in [0.05, 0.1) is 0 Å². The Hall–Kier alpha value is -1.47. The molecule has 3 N–H and O–H groups in total. The number of carboxylic acid groups (broad SMARTS) is 1. The number of carbonyl (C=O) groups excluding carboxylic acids is 1. The summed E-state index contributed by atoms with van der Waals surface area (Å²) in [4.78, 5) is 22.3. The minimum atomic E-state index is -5.09. The number of aliphatic carboxylic acids is 1. The van der Waals surface area contributed by atoms with Crippen LogP contribution in [0.3, 0.4) is 0 Å². The van der Waals surface area contributed by atoms with E-state index in [1.54, 1.807) is 6.92 Å². The number of alkyl halides is 3. The minimum Gasteiger partial charge on any atom is -0.479 e. The largest absolute Gasteiger partial charge is 0.479 e. The first kappa shape index (κ1) is 18.5. The molecule has 0 fully saturated rings. The summed E-state index contributed by atoms with van der Waals surface area (Å²) < 4.78 is 38.2. The summed E-state index contributed by atoms with van der Waals surface area (Å²) >= 11 is 0. The highest BCUT2D eigenvalue weighted by Crippen LogP contribution is 2.30. The third-order valence-corrected chi connectivity index (χ3v) is 3.47. The molecule has 0 aromatic heterocycles. The topological polar surface area (TPSA) is 78.4 Å². The van der Waals surface area contributed by atoms with Crippen molar-refractivity contribution in [2.45, 2.75) is 58.3 Å². The van der Waals surface area contributed by atoms with Gasteiger partial charge in [0, 0.05) is 6.04 Å².